The molecule has 0 rings (SSSR count). The van der Waals surface area contributed by atoms with E-state index in [2.05, 4.69) is 25.1 Å². The van der Waals surface area contributed by atoms with E-state index in [0.29, 0.717) is 0 Å². The Morgan fingerprint density at radius 3 is 1.92 bits per heavy atom. The third-order valence-electron chi connectivity index (χ3n) is 1.85. The molecular weight excluding hydrogens is 158 g/mol. The number of nitrogens with zero attached hydrogens (tertiary/aromatic N) is 1. The van der Waals surface area contributed by atoms with Gasteiger partial charge in [0.2, 0.25) is 0 Å². The van der Waals surface area contributed by atoms with Gasteiger partial charge in [-0.2, -0.15) is 0 Å². The molecule has 0 atom stereocenters. The van der Waals surface area contributed by atoms with E-state index in [1.54, 1.807) is 0 Å². The first kappa shape index (κ1) is 11.9. The number of hydrogen-bond acceptors (Lipinski definition) is 1. The van der Waals surface area contributed by atoms with E-state index in [9.17, 15) is 0 Å². The lowest BCUT2D eigenvalue weighted by molar-refractivity contribution is 1.24. The number of allylic oxidation sites excluding steroid dienone is 3. The quantitative estimate of drug-likeness (QED) is 0.456. The van der Waals surface area contributed by atoms with Crippen LogP contribution in [-0.4, -0.2) is 5.71 Å². The molecule has 0 bridgehead atoms. The van der Waals surface area contributed by atoms with Gasteiger partial charge in [0.1, 0.15) is 0 Å². The fourth-order valence-corrected chi connectivity index (χ4v) is 0.851. The molecule has 0 fully saturated rings. The average Bonchev–Trinajstić information content (AvgIpc) is 2.03. The van der Waals surface area contributed by atoms with Gasteiger partial charge in [-0.15, -0.1) is 0 Å². The van der Waals surface area contributed by atoms with Crippen molar-refractivity contribution in [3.8, 4) is 0 Å². The van der Waals surface area contributed by atoms with Crippen molar-refractivity contribution in [2.24, 2.45) is 4.99 Å². The van der Waals surface area contributed by atoms with Crippen LogP contribution in [0.3, 0.4) is 0 Å². The molecule has 0 heterocycles. The predicted molar refractivity (Wildman–Crippen MR) is 61.1 cm³/mol. The summed E-state index contributed by atoms with van der Waals surface area (Å²) in [5.41, 5.74) is 4.20. The molecule has 0 aliphatic carbocycles. The summed E-state index contributed by atoms with van der Waals surface area (Å²) in [5, 5.41) is 0. The topological polar surface area (TPSA) is 12.4 Å². The van der Waals surface area contributed by atoms with Gasteiger partial charge in [-0.1, -0.05) is 20.1 Å². The van der Waals surface area contributed by atoms with Crippen LogP contribution < -0.4 is 0 Å². The Morgan fingerprint density at radius 2 is 1.62 bits per heavy atom. The number of hydrogen-bond donors (Lipinski definition) is 0. The van der Waals surface area contributed by atoms with Crippen LogP contribution in [0.25, 0.3) is 0 Å². The van der Waals surface area contributed by atoms with E-state index >= 15 is 0 Å². The second kappa shape index (κ2) is 5.52. The minimum absolute atomic E-state index is 0.982. The molecule has 0 aromatic heterocycles. The first-order chi connectivity index (χ1) is 5.99. The van der Waals surface area contributed by atoms with Crippen molar-refractivity contribution in [2.75, 3.05) is 0 Å². The highest BCUT2D eigenvalue weighted by Gasteiger charge is 1.97. The van der Waals surface area contributed by atoms with Crippen LogP contribution in [0.1, 0.15) is 34.1 Å². The summed E-state index contributed by atoms with van der Waals surface area (Å²) in [6.45, 7) is 15.8. The summed E-state index contributed by atoms with van der Waals surface area (Å²) in [7, 11) is 0. The molecule has 0 aliphatic heterocycles. The molecule has 0 aliphatic rings. The number of aliphatic imine (C=N–C) groups is 1. The van der Waals surface area contributed by atoms with Crippen LogP contribution >= 0.6 is 0 Å². The Kier molecular flexibility index (Phi) is 5.05. The van der Waals surface area contributed by atoms with E-state index in [0.717, 1.165) is 28.9 Å². The van der Waals surface area contributed by atoms with Gasteiger partial charge in [-0.25, -0.2) is 0 Å². The average molecular weight is 177 g/mol. The molecule has 0 aromatic rings. The lowest BCUT2D eigenvalue weighted by Crippen LogP contribution is -1.88. The lowest BCUT2D eigenvalue weighted by atomic mass is 10.0. The van der Waals surface area contributed by atoms with Crippen LogP contribution in [0.5, 0.6) is 0 Å². The Morgan fingerprint density at radius 1 is 1.15 bits per heavy atom. The highest BCUT2D eigenvalue weighted by molar-refractivity contribution is 5.82. The van der Waals surface area contributed by atoms with Gasteiger partial charge in [0, 0.05) is 11.9 Å². The zero-order valence-electron chi connectivity index (χ0n) is 9.15. The highest BCUT2D eigenvalue weighted by Crippen LogP contribution is 2.15. The third-order valence-corrected chi connectivity index (χ3v) is 1.85. The Labute approximate surface area is 81.6 Å². The van der Waals surface area contributed by atoms with E-state index in [-0.39, 0.29) is 0 Å². The second-order valence-electron chi connectivity index (χ2n) is 3.32. The monoisotopic (exact) mass is 177 g/mol. The molecule has 1 nitrogen and oxygen atoms in total. The molecule has 0 spiro atoms. The van der Waals surface area contributed by atoms with Crippen molar-refractivity contribution in [3.63, 3.8) is 0 Å². The Bertz CT molecular complexity index is 251. The summed E-state index contributed by atoms with van der Waals surface area (Å²) in [6, 6.07) is 0. The van der Waals surface area contributed by atoms with Crippen molar-refractivity contribution in [2.45, 2.75) is 34.1 Å². The highest BCUT2D eigenvalue weighted by atomic mass is 14.7. The van der Waals surface area contributed by atoms with E-state index in [1.807, 2.05) is 27.0 Å². The first-order valence-electron chi connectivity index (χ1n) is 4.54. The molecule has 72 valence electrons. The molecule has 13 heavy (non-hydrogen) atoms. The van der Waals surface area contributed by atoms with Gasteiger partial charge in [0.05, 0.1) is 0 Å². The molecule has 0 radical (unpaired) electrons. The first-order valence-corrected chi connectivity index (χ1v) is 4.54. The second-order valence-corrected chi connectivity index (χ2v) is 3.32. The van der Waals surface area contributed by atoms with E-state index in [1.165, 1.54) is 0 Å². The number of rotatable bonds is 4. The molecule has 0 amide bonds. The maximum Gasteiger partial charge on any atom is 0.0344 e. The standard InChI is InChI=1S/C12H19N/c1-7-11(6)13-8-12(9(2)3)10(4)5/h8H,2,4,7H2,1,3,5-6H3. The van der Waals surface area contributed by atoms with Crippen LogP contribution in [-0.2, 0) is 0 Å². The summed E-state index contributed by atoms with van der Waals surface area (Å²) in [4.78, 5) is 4.32. The van der Waals surface area contributed by atoms with Crippen molar-refractivity contribution >= 4 is 5.71 Å². The van der Waals surface area contributed by atoms with Gasteiger partial charge in [-0.05, 0) is 43.9 Å². The fourth-order valence-electron chi connectivity index (χ4n) is 0.851. The van der Waals surface area contributed by atoms with Crippen molar-refractivity contribution in [1.29, 1.82) is 0 Å². The molecule has 0 aromatic carbocycles. The van der Waals surface area contributed by atoms with Crippen LogP contribution in [0.2, 0.25) is 0 Å². The molecule has 0 unspecified atom stereocenters. The Hall–Kier alpha value is -1.11. The summed E-state index contributed by atoms with van der Waals surface area (Å²) >= 11 is 0. The summed E-state index contributed by atoms with van der Waals surface area (Å²) < 4.78 is 0. The largest absolute Gasteiger partial charge is 0.265 e. The van der Waals surface area contributed by atoms with Gasteiger partial charge in [0.15, 0.2) is 0 Å². The third kappa shape index (κ3) is 4.46. The summed E-state index contributed by atoms with van der Waals surface area (Å²) in [5.74, 6) is 0. The minimum Gasteiger partial charge on any atom is -0.265 e. The van der Waals surface area contributed by atoms with Crippen molar-refractivity contribution < 1.29 is 0 Å². The SMILES string of the molecule is C=C(C)C(=CN=C(C)CC)C(=C)C. The predicted octanol–water partition coefficient (Wildman–Crippen LogP) is 3.89. The van der Waals surface area contributed by atoms with Crippen molar-refractivity contribution in [1.82, 2.24) is 0 Å². The maximum atomic E-state index is 4.32. The fraction of sp³-hybridized carbons (Fsp3) is 0.417. The van der Waals surface area contributed by atoms with E-state index < -0.39 is 0 Å². The van der Waals surface area contributed by atoms with Gasteiger partial charge < -0.3 is 0 Å². The molecule has 0 saturated heterocycles. The van der Waals surface area contributed by atoms with Crippen LogP contribution in [0.15, 0.2) is 41.1 Å². The van der Waals surface area contributed by atoms with Gasteiger partial charge in [0.25, 0.3) is 0 Å². The van der Waals surface area contributed by atoms with Crippen LogP contribution in [0.4, 0.5) is 0 Å². The van der Waals surface area contributed by atoms with E-state index in [4.69, 9.17) is 0 Å². The van der Waals surface area contributed by atoms with Crippen LogP contribution in [0, 0.1) is 0 Å². The lowest BCUT2D eigenvalue weighted by Gasteiger charge is -2.03. The normalized spacial score (nSPS) is 10.9. The smallest absolute Gasteiger partial charge is 0.0344 e. The van der Waals surface area contributed by atoms with Crippen molar-refractivity contribution in [3.05, 3.63) is 36.1 Å². The molecule has 1 heteroatoms. The maximum absolute atomic E-state index is 4.32. The summed E-state index contributed by atoms with van der Waals surface area (Å²) in [6.07, 6.45) is 2.83. The Balaban J connectivity index is 4.76. The molecular formula is C12H19N. The zero-order valence-corrected chi connectivity index (χ0v) is 9.15. The minimum atomic E-state index is 0.982. The molecule has 0 saturated carbocycles. The van der Waals surface area contributed by atoms with Gasteiger partial charge in [-0.3, -0.25) is 4.99 Å². The zero-order chi connectivity index (χ0) is 10.4. The molecule has 0 N–H and O–H groups in total. The van der Waals surface area contributed by atoms with Gasteiger partial charge >= 0.3 is 0 Å².